The predicted octanol–water partition coefficient (Wildman–Crippen LogP) is 2.30. The van der Waals surface area contributed by atoms with E-state index in [-0.39, 0.29) is 11.8 Å². The summed E-state index contributed by atoms with van der Waals surface area (Å²) < 4.78 is 0. The van der Waals surface area contributed by atoms with Gasteiger partial charge in [0.1, 0.15) is 0 Å². The third-order valence-electron chi connectivity index (χ3n) is 2.57. The molecule has 0 heterocycles. The van der Waals surface area contributed by atoms with Crippen LogP contribution in [-0.2, 0) is 16.0 Å². The van der Waals surface area contributed by atoms with E-state index in [9.17, 15) is 9.59 Å². The number of rotatable bonds is 5. The van der Waals surface area contributed by atoms with Gasteiger partial charge >= 0.3 is 5.97 Å². The highest BCUT2D eigenvalue weighted by Crippen LogP contribution is 2.16. The Balaban J connectivity index is 2.77. The van der Waals surface area contributed by atoms with Crippen LogP contribution in [0.5, 0.6) is 0 Å². The van der Waals surface area contributed by atoms with Crippen LogP contribution in [0.3, 0.4) is 0 Å². The summed E-state index contributed by atoms with van der Waals surface area (Å²) in [5.41, 5.74) is 1.63. The van der Waals surface area contributed by atoms with E-state index in [1.54, 1.807) is 6.07 Å². The summed E-state index contributed by atoms with van der Waals surface area (Å²) in [6.07, 6.45) is 1.08. The number of benzene rings is 1. The van der Waals surface area contributed by atoms with Gasteiger partial charge in [-0.3, -0.25) is 9.59 Å². The molecule has 0 aliphatic rings. The van der Waals surface area contributed by atoms with Gasteiger partial charge in [-0.1, -0.05) is 19.1 Å². The minimum atomic E-state index is -0.780. The summed E-state index contributed by atoms with van der Waals surface area (Å²) in [4.78, 5) is 21.8. The van der Waals surface area contributed by atoms with Crippen molar-refractivity contribution in [3.05, 3.63) is 29.8 Å². The van der Waals surface area contributed by atoms with Crippen LogP contribution in [-0.4, -0.2) is 17.0 Å². The fourth-order valence-corrected chi connectivity index (χ4v) is 1.67. The SMILES string of the molecule is CCC(Cc1cccc(NC(C)=O)c1)C(=O)O. The first kappa shape index (κ1) is 13.2. The molecular weight excluding hydrogens is 218 g/mol. The van der Waals surface area contributed by atoms with Crippen LogP contribution < -0.4 is 5.32 Å². The minimum absolute atomic E-state index is 0.132. The largest absolute Gasteiger partial charge is 0.481 e. The molecule has 92 valence electrons. The maximum Gasteiger partial charge on any atom is 0.306 e. The van der Waals surface area contributed by atoms with Crippen molar-refractivity contribution in [3.8, 4) is 0 Å². The molecule has 4 heteroatoms. The molecule has 0 aliphatic carbocycles. The van der Waals surface area contributed by atoms with E-state index in [4.69, 9.17) is 5.11 Å². The van der Waals surface area contributed by atoms with Crippen molar-refractivity contribution >= 4 is 17.6 Å². The number of anilines is 1. The van der Waals surface area contributed by atoms with Gasteiger partial charge in [0.25, 0.3) is 0 Å². The van der Waals surface area contributed by atoms with Gasteiger partial charge in [-0.05, 0) is 30.5 Å². The van der Waals surface area contributed by atoms with Gasteiger partial charge in [0.2, 0.25) is 5.91 Å². The highest BCUT2D eigenvalue weighted by atomic mass is 16.4. The van der Waals surface area contributed by atoms with E-state index in [0.29, 0.717) is 18.5 Å². The Labute approximate surface area is 101 Å². The van der Waals surface area contributed by atoms with Crippen LogP contribution in [0, 0.1) is 5.92 Å². The number of hydrogen-bond donors (Lipinski definition) is 2. The van der Waals surface area contributed by atoms with E-state index in [1.807, 2.05) is 25.1 Å². The topological polar surface area (TPSA) is 66.4 Å². The normalized spacial score (nSPS) is 11.9. The number of carbonyl (C=O) groups excluding carboxylic acids is 1. The van der Waals surface area contributed by atoms with E-state index >= 15 is 0 Å². The summed E-state index contributed by atoms with van der Waals surface area (Å²) in [5, 5.41) is 11.7. The number of carboxylic acid groups (broad SMARTS) is 1. The van der Waals surface area contributed by atoms with Crippen molar-refractivity contribution < 1.29 is 14.7 Å². The van der Waals surface area contributed by atoms with E-state index in [2.05, 4.69) is 5.32 Å². The average Bonchev–Trinajstić information content (AvgIpc) is 2.25. The zero-order valence-corrected chi connectivity index (χ0v) is 10.1. The summed E-state index contributed by atoms with van der Waals surface area (Å²) >= 11 is 0. The second-order valence-corrected chi connectivity index (χ2v) is 4.03. The van der Waals surface area contributed by atoms with E-state index in [0.717, 1.165) is 5.56 Å². The number of hydrogen-bond acceptors (Lipinski definition) is 2. The van der Waals surface area contributed by atoms with Gasteiger partial charge < -0.3 is 10.4 Å². The molecule has 0 bridgehead atoms. The Bertz CT molecular complexity index is 415. The number of aliphatic carboxylic acids is 1. The zero-order chi connectivity index (χ0) is 12.8. The van der Waals surface area contributed by atoms with Crippen LogP contribution in [0.15, 0.2) is 24.3 Å². The Hall–Kier alpha value is -1.84. The molecular formula is C13H17NO3. The second kappa shape index (κ2) is 6.03. The molecule has 0 saturated carbocycles. The minimum Gasteiger partial charge on any atom is -0.481 e. The van der Waals surface area contributed by atoms with Gasteiger partial charge in [0.05, 0.1) is 5.92 Å². The molecule has 17 heavy (non-hydrogen) atoms. The second-order valence-electron chi connectivity index (χ2n) is 4.03. The summed E-state index contributed by atoms with van der Waals surface area (Å²) in [6, 6.07) is 7.28. The van der Waals surface area contributed by atoms with Crippen molar-refractivity contribution in [3.63, 3.8) is 0 Å². The molecule has 0 saturated heterocycles. The van der Waals surface area contributed by atoms with Gasteiger partial charge in [0, 0.05) is 12.6 Å². The van der Waals surface area contributed by atoms with Crippen LogP contribution in [0.4, 0.5) is 5.69 Å². The first-order valence-electron chi connectivity index (χ1n) is 5.62. The third kappa shape index (κ3) is 4.26. The Kier molecular flexibility index (Phi) is 4.69. The van der Waals surface area contributed by atoms with Crippen LogP contribution in [0.25, 0.3) is 0 Å². The lowest BCUT2D eigenvalue weighted by Gasteiger charge is -2.10. The molecule has 1 amide bonds. The molecule has 4 nitrogen and oxygen atoms in total. The fraction of sp³-hybridized carbons (Fsp3) is 0.385. The maximum absolute atomic E-state index is 10.9. The van der Waals surface area contributed by atoms with Crippen molar-refractivity contribution in [1.82, 2.24) is 0 Å². The quantitative estimate of drug-likeness (QED) is 0.822. The van der Waals surface area contributed by atoms with Crippen molar-refractivity contribution in [2.45, 2.75) is 26.7 Å². The standard InChI is InChI=1S/C13H17NO3/c1-3-11(13(16)17)7-10-5-4-6-12(8-10)14-9(2)15/h4-6,8,11H,3,7H2,1-2H3,(H,14,15)(H,16,17). The lowest BCUT2D eigenvalue weighted by Crippen LogP contribution is -2.15. The lowest BCUT2D eigenvalue weighted by molar-refractivity contribution is -0.141. The van der Waals surface area contributed by atoms with Gasteiger partial charge in [0.15, 0.2) is 0 Å². The van der Waals surface area contributed by atoms with Gasteiger partial charge in [-0.15, -0.1) is 0 Å². The first-order chi connectivity index (χ1) is 8.02. The molecule has 1 atom stereocenters. The molecule has 0 aliphatic heterocycles. The van der Waals surface area contributed by atoms with Gasteiger partial charge in [-0.25, -0.2) is 0 Å². The van der Waals surface area contributed by atoms with Crippen LogP contribution >= 0.6 is 0 Å². The molecule has 0 spiro atoms. The van der Waals surface area contributed by atoms with E-state index in [1.165, 1.54) is 6.92 Å². The highest BCUT2D eigenvalue weighted by Gasteiger charge is 2.15. The monoisotopic (exact) mass is 235 g/mol. The first-order valence-corrected chi connectivity index (χ1v) is 5.62. The lowest BCUT2D eigenvalue weighted by atomic mass is 9.97. The number of nitrogens with one attached hydrogen (secondary N) is 1. The van der Waals surface area contributed by atoms with Crippen LogP contribution in [0.2, 0.25) is 0 Å². The molecule has 1 aromatic carbocycles. The number of carbonyl (C=O) groups is 2. The molecule has 0 radical (unpaired) electrons. The Morgan fingerprint density at radius 2 is 2.12 bits per heavy atom. The average molecular weight is 235 g/mol. The highest BCUT2D eigenvalue weighted by molar-refractivity contribution is 5.88. The summed E-state index contributed by atoms with van der Waals surface area (Å²) in [5.74, 6) is -1.28. The van der Waals surface area contributed by atoms with Crippen molar-refractivity contribution in [2.24, 2.45) is 5.92 Å². The molecule has 1 aromatic rings. The Morgan fingerprint density at radius 3 is 2.65 bits per heavy atom. The third-order valence-corrected chi connectivity index (χ3v) is 2.57. The van der Waals surface area contributed by atoms with Crippen LogP contribution in [0.1, 0.15) is 25.8 Å². The maximum atomic E-state index is 10.9. The molecule has 2 N–H and O–H groups in total. The smallest absolute Gasteiger partial charge is 0.306 e. The predicted molar refractivity (Wildman–Crippen MR) is 65.9 cm³/mol. The fourth-order valence-electron chi connectivity index (χ4n) is 1.67. The number of carboxylic acids is 1. The van der Waals surface area contributed by atoms with Gasteiger partial charge in [-0.2, -0.15) is 0 Å². The summed E-state index contributed by atoms with van der Waals surface area (Å²) in [7, 11) is 0. The number of amides is 1. The summed E-state index contributed by atoms with van der Waals surface area (Å²) in [6.45, 7) is 3.30. The molecule has 0 aromatic heterocycles. The molecule has 1 unspecified atom stereocenters. The molecule has 0 fully saturated rings. The Morgan fingerprint density at radius 1 is 1.41 bits per heavy atom. The van der Waals surface area contributed by atoms with Crippen molar-refractivity contribution in [1.29, 1.82) is 0 Å². The van der Waals surface area contributed by atoms with Crippen molar-refractivity contribution in [2.75, 3.05) is 5.32 Å². The molecule has 1 rings (SSSR count). The van der Waals surface area contributed by atoms with E-state index < -0.39 is 5.97 Å². The zero-order valence-electron chi connectivity index (χ0n) is 10.1.